The van der Waals surface area contributed by atoms with Crippen LogP contribution in [0, 0.1) is 5.92 Å². The highest BCUT2D eigenvalue weighted by Crippen LogP contribution is 2.40. The van der Waals surface area contributed by atoms with Crippen molar-refractivity contribution in [1.29, 1.82) is 0 Å². The third-order valence-corrected chi connectivity index (χ3v) is 6.53. The minimum atomic E-state index is 0.0454. The van der Waals surface area contributed by atoms with Gasteiger partial charge in [-0.3, -0.25) is 9.69 Å². The standard InChI is InChI=1S/C19H24N2O3S/c1-3-21(18(22)12-5-4-6-13(11-12)23-2)19-20-17-14-9-10-24-15(14)7-8-16(17)25-19/h9-10,12-13H,3-8,11H2,1-2H3. The Morgan fingerprint density at radius 3 is 3.12 bits per heavy atom. The lowest BCUT2D eigenvalue weighted by atomic mass is 9.86. The van der Waals surface area contributed by atoms with Gasteiger partial charge in [-0.05, 0) is 38.7 Å². The first-order valence-corrected chi connectivity index (χ1v) is 9.93. The summed E-state index contributed by atoms with van der Waals surface area (Å²) in [7, 11) is 1.74. The number of methoxy groups -OCH3 is 1. The molecule has 2 atom stereocenters. The van der Waals surface area contributed by atoms with Crippen LogP contribution in [0.25, 0.3) is 11.3 Å². The molecule has 0 aromatic carbocycles. The van der Waals surface area contributed by atoms with Gasteiger partial charge in [0.25, 0.3) is 0 Å². The second-order valence-corrected chi connectivity index (χ2v) is 7.89. The fraction of sp³-hybridized carbons (Fsp3) is 0.579. The van der Waals surface area contributed by atoms with Crippen LogP contribution in [0.4, 0.5) is 5.13 Å². The number of aryl methyl sites for hydroxylation is 2. The quantitative estimate of drug-likeness (QED) is 0.825. The Kier molecular flexibility index (Phi) is 4.65. The van der Waals surface area contributed by atoms with Crippen LogP contribution < -0.4 is 4.90 Å². The second-order valence-electron chi connectivity index (χ2n) is 6.83. The summed E-state index contributed by atoms with van der Waals surface area (Å²) in [6, 6.07) is 1.99. The summed E-state index contributed by atoms with van der Waals surface area (Å²) in [5.74, 6) is 1.25. The second kappa shape index (κ2) is 6.92. The predicted octanol–water partition coefficient (Wildman–Crippen LogP) is 4.06. The Morgan fingerprint density at radius 2 is 2.32 bits per heavy atom. The van der Waals surface area contributed by atoms with Crippen molar-refractivity contribution < 1.29 is 13.9 Å². The van der Waals surface area contributed by atoms with Crippen molar-refractivity contribution in [2.24, 2.45) is 5.92 Å². The molecule has 4 rings (SSSR count). The first kappa shape index (κ1) is 16.8. The van der Waals surface area contributed by atoms with Crippen LogP contribution in [-0.2, 0) is 22.4 Å². The zero-order valence-corrected chi connectivity index (χ0v) is 15.6. The number of thiazole rings is 1. The molecule has 2 aliphatic rings. The van der Waals surface area contributed by atoms with Gasteiger partial charge in [-0.1, -0.05) is 6.42 Å². The normalized spacial score (nSPS) is 22.3. The minimum Gasteiger partial charge on any atom is -0.469 e. The molecule has 2 unspecified atom stereocenters. The van der Waals surface area contributed by atoms with E-state index in [-0.39, 0.29) is 17.9 Å². The number of fused-ring (bicyclic) bond motifs is 3. The van der Waals surface area contributed by atoms with Crippen molar-refractivity contribution in [3.63, 3.8) is 0 Å². The molecule has 6 heteroatoms. The van der Waals surface area contributed by atoms with Gasteiger partial charge >= 0.3 is 0 Å². The molecule has 2 aliphatic carbocycles. The number of furan rings is 1. The van der Waals surface area contributed by atoms with E-state index >= 15 is 0 Å². The number of amides is 1. The van der Waals surface area contributed by atoms with E-state index in [2.05, 4.69) is 0 Å². The number of ether oxygens (including phenoxy) is 1. The van der Waals surface area contributed by atoms with Crippen molar-refractivity contribution >= 4 is 22.4 Å². The van der Waals surface area contributed by atoms with E-state index in [1.807, 2.05) is 17.9 Å². The molecule has 0 saturated heterocycles. The van der Waals surface area contributed by atoms with E-state index in [9.17, 15) is 4.79 Å². The fourth-order valence-corrected chi connectivity index (χ4v) is 5.14. The molecule has 1 amide bonds. The molecule has 2 aromatic rings. The first-order chi connectivity index (χ1) is 12.2. The molecule has 5 nitrogen and oxygen atoms in total. The van der Waals surface area contributed by atoms with Gasteiger partial charge in [0.2, 0.25) is 5.91 Å². The highest BCUT2D eigenvalue weighted by Gasteiger charge is 2.33. The van der Waals surface area contributed by atoms with E-state index in [4.69, 9.17) is 14.1 Å². The summed E-state index contributed by atoms with van der Waals surface area (Å²) in [4.78, 5) is 21.1. The first-order valence-electron chi connectivity index (χ1n) is 9.11. The maximum absolute atomic E-state index is 13.1. The molecule has 0 spiro atoms. The summed E-state index contributed by atoms with van der Waals surface area (Å²) in [5, 5.41) is 0.825. The Hall–Kier alpha value is -1.66. The number of rotatable bonds is 4. The number of hydrogen-bond donors (Lipinski definition) is 0. The summed E-state index contributed by atoms with van der Waals surface area (Å²) < 4.78 is 11.0. The molecule has 0 radical (unpaired) electrons. The summed E-state index contributed by atoms with van der Waals surface area (Å²) in [5.41, 5.74) is 2.09. The van der Waals surface area contributed by atoms with Gasteiger partial charge in [-0.15, -0.1) is 11.3 Å². The van der Waals surface area contributed by atoms with Gasteiger partial charge in [-0.2, -0.15) is 0 Å². The molecule has 1 fully saturated rings. The number of nitrogens with zero attached hydrogens (tertiary/aromatic N) is 2. The van der Waals surface area contributed by atoms with Gasteiger partial charge in [0.05, 0.1) is 18.1 Å². The average Bonchev–Trinajstić information content (AvgIpc) is 3.28. The Morgan fingerprint density at radius 1 is 1.44 bits per heavy atom. The van der Waals surface area contributed by atoms with Gasteiger partial charge in [0.1, 0.15) is 5.76 Å². The number of aromatic nitrogens is 1. The zero-order chi connectivity index (χ0) is 17.4. The van der Waals surface area contributed by atoms with E-state index in [0.29, 0.717) is 6.54 Å². The minimum absolute atomic E-state index is 0.0454. The largest absolute Gasteiger partial charge is 0.469 e. The molecule has 0 bridgehead atoms. The lowest BCUT2D eigenvalue weighted by Crippen LogP contribution is -2.39. The van der Waals surface area contributed by atoms with Gasteiger partial charge in [0.15, 0.2) is 5.13 Å². The van der Waals surface area contributed by atoms with Crippen LogP contribution in [0.15, 0.2) is 16.7 Å². The van der Waals surface area contributed by atoms with E-state index in [0.717, 1.165) is 60.7 Å². The molecular weight excluding hydrogens is 336 g/mol. The zero-order valence-electron chi connectivity index (χ0n) is 14.8. The van der Waals surface area contributed by atoms with Crippen molar-refractivity contribution in [3.05, 3.63) is 23.0 Å². The smallest absolute Gasteiger partial charge is 0.231 e. The average molecular weight is 360 g/mol. The van der Waals surface area contributed by atoms with E-state index in [1.165, 1.54) is 4.88 Å². The van der Waals surface area contributed by atoms with E-state index in [1.54, 1.807) is 24.7 Å². The van der Waals surface area contributed by atoms with Crippen LogP contribution >= 0.6 is 11.3 Å². The Bertz CT molecular complexity index is 767. The van der Waals surface area contributed by atoms with Crippen LogP contribution in [0.2, 0.25) is 0 Å². The Labute approximate surface area is 152 Å². The molecule has 25 heavy (non-hydrogen) atoms. The molecule has 134 valence electrons. The van der Waals surface area contributed by atoms with Gasteiger partial charge in [0, 0.05) is 36.4 Å². The molecule has 2 aromatic heterocycles. The topological polar surface area (TPSA) is 55.6 Å². The monoisotopic (exact) mass is 360 g/mol. The van der Waals surface area contributed by atoms with Crippen LogP contribution in [0.5, 0.6) is 0 Å². The molecule has 2 heterocycles. The highest BCUT2D eigenvalue weighted by molar-refractivity contribution is 7.16. The Balaban J connectivity index is 1.59. The third-order valence-electron chi connectivity index (χ3n) is 5.39. The van der Waals surface area contributed by atoms with Crippen LogP contribution in [-0.4, -0.2) is 30.6 Å². The SMILES string of the molecule is CCN(C(=O)C1CCCC(OC)C1)c1nc2c(s1)CCc1occc1-2. The van der Waals surface area contributed by atoms with Crippen molar-refractivity contribution in [2.75, 3.05) is 18.6 Å². The molecular formula is C19H24N2O3S. The maximum atomic E-state index is 13.1. The fourth-order valence-electron chi connectivity index (χ4n) is 4.00. The summed E-state index contributed by atoms with van der Waals surface area (Å²) >= 11 is 1.65. The number of carbonyl (C=O) groups excluding carboxylic acids is 1. The van der Waals surface area contributed by atoms with Gasteiger partial charge in [-0.25, -0.2) is 4.98 Å². The number of carbonyl (C=O) groups is 1. The van der Waals surface area contributed by atoms with Crippen molar-refractivity contribution in [2.45, 2.75) is 51.6 Å². The lowest BCUT2D eigenvalue weighted by molar-refractivity contribution is -0.124. The van der Waals surface area contributed by atoms with Gasteiger partial charge < -0.3 is 9.15 Å². The molecule has 1 saturated carbocycles. The van der Waals surface area contributed by atoms with Crippen LogP contribution in [0.3, 0.4) is 0 Å². The number of anilines is 1. The summed E-state index contributed by atoms with van der Waals surface area (Å²) in [6.45, 7) is 2.68. The lowest BCUT2D eigenvalue weighted by Gasteiger charge is -2.30. The highest BCUT2D eigenvalue weighted by atomic mass is 32.1. The van der Waals surface area contributed by atoms with Crippen molar-refractivity contribution in [3.8, 4) is 11.3 Å². The predicted molar refractivity (Wildman–Crippen MR) is 98.0 cm³/mol. The van der Waals surface area contributed by atoms with E-state index < -0.39 is 0 Å². The molecule has 0 N–H and O–H groups in total. The number of hydrogen-bond acceptors (Lipinski definition) is 5. The van der Waals surface area contributed by atoms with Crippen molar-refractivity contribution in [1.82, 2.24) is 4.98 Å². The maximum Gasteiger partial charge on any atom is 0.231 e. The third kappa shape index (κ3) is 3.02. The van der Waals surface area contributed by atoms with Crippen LogP contribution in [0.1, 0.15) is 43.2 Å². The molecule has 0 aliphatic heterocycles. The summed E-state index contributed by atoms with van der Waals surface area (Å²) in [6.07, 6.45) is 7.67.